The number of nitrogens with two attached hydrogens (primary N) is 3. The maximum atomic E-state index is 9.06. The standard InChI is InChI=1S/C6H16N6O3/c7-4-5(8)10(1-13)12(3-15)11(2-14)6(4)9/h5,13-15H,1-3,7-9H2. The van der Waals surface area contributed by atoms with E-state index in [0.717, 1.165) is 15.1 Å². The van der Waals surface area contributed by atoms with E-state index in [1.54, 1.807) is 0 Å². The monoisotopic (exact) mass is 220 g/mol. The Kier molecular flexibility index (Phi) is 3.68. The number of aliphatic hydroxyl groups is 3. The van der Waals surface area contributed by atoms with Gasteiger partial charge in [-0.3, -0.25) is 0 Å². The molecule has 9 N–H and O–H groups in total. The van der Waals surface area contributed by atoms with E-state index in [1.807, 2.05) is 0 Å². The summed E-state index contributed by atoms with van der Waals surface area (Å²) in [4.78, 5) is 0. The van der Waals surface area contributed by atoms with E-state index in [2.05, 4.69) is 0 Å². The molecule has 0 amide bonds. The minimum absolute atomic E-state index is 0.0451. The molecule has 1 aliphatic heterocycles. The van der Waals surface area contributed by atoms with Crippen LogP contribution in [-0.2, 0) is 0 Å². The molecule has 1 heterocycles. The Labute approximate surface area is 86.5 Å². The van der Waals surface area contributed by atoms with Gasteiger partial charge in [0.25, 0.3) is 0 Å². The van der Waals surface area contributed by atoms with Gasteiger partial charge < -0.3 is 32.5 Å². The molecule has 88 valence electrons. The number of hydrogen-bond donors (Lipinski definition) is 6. The maximum Gasteiger partial charge on any atom is 0.139 e. The molecule has 0 fully saturated rings. The predicted molar refractivity (Wildman–Crippen MR) is 50.2 cm³/mol. The van der Waals surface area contributed by atoms with Crippen molar-refractivity contribution in [1.82, 2.24) is 15.1 Å². The van der Waals surface area contributed by atoms with Crippen LogP contribution in [0.1, 0.15) is 0 Å². The lowest BCUT2D eigenvalue weighted by Gasteiger charge is -2.46. The van der Waals surface area contributed by atoms with Gasteiger partial charge in [0, 0.05) is 0 Å². The Morgan fingerprint density at radius 2 is 1.67 bits per heavy atom. The zero-order valence-electron chi connectivity index (χ0n) is 8.11. The van der Waals surface area contributed by atoms with Crippen molar-refractivity contribution in [2.75, 3.05) is 20.2 Å². The van der Waals surface area contributed by atoms with Crippen LogP contribution < -0.4 is 17.2 Å². The van der Waals surface area contributed by atoms with Crippen LogP contribution in [0.15, 0.2) is 11.5 Å². The summed E-state index contributed by atoms with van der Waals surface area (Å²) >= 11 is 0. The van der Waals surface area contributed by atoms with Gasteiger partial charge >= 0.3 is 0 Å². The summed E-state index contributed by atoms with van der Waals surface area (Å²) in [6, 6.07) is 0. The van der Waals surface area contributed by atoms with Gasteiger partial charge in [0.05, 0.1) is 5.70 Å². The molecule has 9 heteroatoms. The Morgan fingerprint density at radius 3 is 2.07 bits per heavy atom. The molecule has 0 radical (unpaired) electrons. The fraction of sp³-hybridized carbons (Fsp3) is 0.667. The highest BCUT2D eigenvalue weighted by Gasteiger charge is 2.34. The summed E-state index contributed by atoms with van der Waals surface area (Å²) in [5, 5.41) is 30.5. The average Bonchev–Trinajstić information content (AvgIpc) is 2.25. The molecule has 0 bridgehead atoms. The molecule has 0 aromatic heterocycles. The first kappa shape index (κ1) is 12.0. The summed E-state index contributed by atoms with van der Waals surface area (Å²) in [6.07, 6.45) is -0.843. The SMILES string of the molecule is NC1=C(N)N(CO)N(CO)N(CO)C1N. The van der Waals surface area contributed by atoms with E-state index in [9.17, 15) is 0 Å². The molecular formula is C6H16N6O3. The highest BCUT2D eigenvalue weighted by atomic mass is 16.3. The Hall–Kier alpha value is -1.10. The van der Waals surface area contributed by atoms with E-state index < -0.39 is 26.4 Å². The number of aliphatic hydroxyl groups excluding tert-OH is 3. The predicted octanol–water partition coefficient (Wildman–Crippen LogP) is -4.04. The van der Waals surface area contributed by atoms with Crippen LogP contribution in [0, 0.1) is 0 Å². The largest absolute Gasteiger partial charge is 0.397 e. The van der Waals surface area contributed by atoms with Gasteiger partial charge in [0.1, 0.15) is 32.2 Å². The summed E-state index contributed by atoms with van der Waals surface area (Å²) in [6.45, 7) is -1.45. The topological polar surface area (TPSA) is 148 Å². The lowest BCUT2D eigenvalue weighted by atomic mass is 10.3. The molecular weight excluding hydrogens is 204 g/mol. The number of rotatable bonds is 3. The molecule has 0 saturated heterocycles. The van der Waals surface area contributed by atoms with Crippen molar-refractivity contribution >= 4 is 0 Å². The highest BCUT2D eigenvalue weighted by Crippen LogP contribution is 2.18. The smallest absolute Gasteiger partial charge is 0.139 e. The normalized spacial score (nSPS) is 25.1. The third kappa shape index (κ3) is 1.84. The van der Waals surface area contributed by atoms with E-state index in [4.69, 9.17) is 32.5 Å². The first-order chi connectivity index (χ1) is 7.08. The first-order valence-electron chi connectivity index (χ1n) is 4.23. The van der Waals surface area contributed by atoms with Gasteiger partial charge in [-0.2, -0.15) is 5.01 Å². The lowest BCUT2D eigenvalue weighted by Crippen LogP contribution is -2.66. The van der Waals surface area contributed by atoms with Gasteiger partial charge in [-0.25, -0.2) is 5.01 Å². The van der Waals surface area contributed by atoms with Gasteiger partial charge in [-0.15, -0.1) is 5.12 Å². The third-order valence-electron chi connectivity index (χ3n) is 2.19. The van der Waals surface area contributed by atoms with Crippen molar-refractivity contribution in [3.8, 4) is 0 Å². The lowest BCUT2D eigenvalue weighted by molar-refractivity contribution is -0.266. The van der Waals surface area contributed by atoms with Crippen LogP contribution in [0.25, 0.3) is 0 Å². The molecule has 0 saturated carbocycles. The Bertz CT molecular complexity index is 259. The highest BCUT2D eigenvalue weighted by molar-refractivity contribution is 5.13. The molecule has 0 spiro atoms. The van der Waals surface area contributed by atoms with Crippen LogP contribution in [0.5, 0.6) is 0 Å². The molecule has 1 aliphatic rings. The second-order valence-electron chi connectivity index (χ2n) is 2.92. The van der Waals surface area contributed by atoms with E-state index >= 15 is 0 Å². The van der Waals surface area contributed by atoms with E-state index in [0.29, 0.717) is 0 Å². The van der Waals surface area contributed by atoms with Crippen LogP contribution in [0.2, 0.25) is 0 Å². The molecule has 9 nitrogen and oxygen atoms in total. The van der Waals surface area contributed by atoms with Crippen molar-refractivity contribution in [3.63, 3.8) is 0 Å². The van der Waals surface area contributed by atoms with Crippen LogP contribution in [0.4, 0.5) is 0 Å². The fourth-order valence-corrected chi connectivity index (χ4v) is 1.34. The van der Waals surface area contributed by atoms with Gasteiger partial charge in [-0.05, 0) is 0 Å². The fourth-order valence-electron chi connectivity index (χ4n) is 1.34. The van der Waals surface area contributed by atoms with Crippen molar-refractivity contribution in [2.24, 2.45) is 17.2 Å². The molecule has 1 rings (SSSR count). The minimum Gasteiger partial charge on any atom is -0.397 e. The van der Waals surface area contributed by atoms with Crippen molar-refractivity contribution in [2.45, 2.75) is 6.17 Å². The summed E-state index contributed by atoms with van der Waals surface area (Å²) < 4.78 is 0. The molecule has 15 heavy (non-hydrogen) atoms. The van der Waals surface area contributed by atoms with Crippen molar-refractivity contribution in [3.05, 3.63) is 11.5 Å². The van der Waals surface area contributed by atoms with Gasteiger partial charge in [0.2, 0.25) is 0 Å². The Morgan fingerprint density at radius 1 is 1.07 bits per heavy atom. The molecule has 1 atom stereocenters. The molecule has 0 aromatic rings. The second-order valence-corrected chi connectivity index (χ2v) is 2.92. The maximum absolute atomic E-state index is 9.06. The summed E-state index contributed by atoms with van der Waals surface area (Å²) in [5.41, 5.74) is 16.9. The van der Waals surface area contributed by atoms with Crippen LogP contribution in [0.3, 0.4) is 0 Å². The minimum atomic E-state index is -0.843. The zero-order chi connectivity index (χ0) is 11.6. The van der Waals surface area contributed by atoms with Gasteiger partial charge in [-0.1, -0.05) is 0 Å². The second kappa shape index (κ2) is 4.61. The van der Waals surface area contributed by atoms with Crippen LogP contribution in [-0.4, -0.2) is 56.8 Å². The Balaban J connectivity index is 3.06. The zero-order valence-corrected chi connectivity index (χ0v) is 8.11. The average molecular weight is 220 g/mol. The summed E-state index contributed by atoms with van der Waals surface area (Å²) in [5.74, 6) is 0.0451. The van der Waals surface area contributed by atoms with Crippen LogP contribution >= 0.6 is 0 Å². The first-order valence-corrected chi connectivity index (χ1v) is 4.23. The number of hydrogen-bond acceptors (Lipinski definition) is 9. The molecule has 1 unspecified atom stereocenters. The quantitative estimate of drug-likeness (QED) is 0.279. The van der Waals surface area contributed by atoms with E-state index in [-0.39, 0.29) is 11.5 Å². The van der Waals surface area contributed by atoms with Crippen molar-refractivity contribution < 1.29 is 15.3 Å². The molecule has 0 aliphatic carbocycles. The van der Waals surface area contributed by atoms with Crippen molar-refractivity contribution in [1.29, 1.82) is 0 Å². The number of nitrogens with zero attached hydrogens (tertiary/aromatic N) is 3. The van der Waals surface area contributed by atoms with E-state index in [1.165, 1.54) is 0 Å². The molecule has 0 aromatic carbocycles. The third-order valence-corrected chi connectivity index (χ3v) is 2.19. The van der Waals surface area contributed by atoms with Gasteiger partial charge in [0.15, 0.2) is 0 Å². The number of hydrazine groups is 2. The summed E-state index contributed by atoms with van der Waals surface area (Å²) in [7, 11) is 0.